The summed E-state index contributed by atoms with van der Waals surface area (Å²) in [6.45, 7) is 7.38. The van der Waals surface area contributed by atoms with Gasteiger partial charge in [-0.25, -0.2) is 4.39 Å². The van der Waals surface area contributed by atoms with Gasteiger partial charge in [0.2, 0.25) is 0 Å². The van der Waals surface area contributed by atoms with E-state index >= 15 is 0 Å². The smallest absolute Gasteiger partial charge is 0.141 e. The lowest BCUT2D eigenvalue weighted by Gasteiger charge is -2.24. The van der Waals surface area contributed by atoms with E-state index in [-0.39, 0.29) is 5.82 Å². The first kappa shape index (κ1) is 13.1. The van der Waals surface area contributed by atoms with Gasteiger partial charge in [0.05, 0.1) is 6.20 Å². The third-order valence-electron chi connectivity index (χ3n) is 2.89. The topological polar surface area (TPSA) is 24.9 Å². The van der Waals surface area contributed by atoms with Crippen molar-refractivity contribution in [3.63, 3.8) is 0 Å². The molecule has 0 spiro atoms. The van der Waals surface area contributed by atoms with Crippen molar-refractivity contribution >= 4 is 0 Å². The van der Waals surface area contributed by atoms with Gasteiger partial charge in [-0.2, -0.15) is 0 Å². The van der Waals surface area contributed by atoms with Crippen LogP contribution >= 0.6 is 0 Å². The van der Waals surface area contributed by atoms with Crippen LogP contribution in [0.1, 0.15) is 45.2 Å². The molecular formula is C13H21FN2. The zero-order valence-electron chi connectivity index (χ0n) is 10.3. The molecule has 2 unspecified atom stereocenters. The summed E-state index contributed by atoms with van der Waals surface area (Å²) in [7, 11) is 0. The maximum Gasteiger partial charge on any atom is 0.141 e. The van der Waals surface area contributed by atoms with Crippen LogP contribution in [0.4, 0.5) is 4.39 Å². The molecule has 0 aliphatic rings. The molecule has 0 saturated heterocycles. The van der Waals surface area contributed by atoms with Crippen molar-refractivity contribution in [2.24, 2.45) is 0 Å². The van der Waals surface area contributed by atoms with E-state index in [0.29, 0.717) is 12.0 Å². The Morgan fingerprint density at radius 1 is 1.38 bits per heavy atom. The van der Waals surface area contributed by atoms with Crippen molar-refractivity contribution in [3.05, 3.63) is 29.8 Å². The Hall–Kier alpha value is -0.960. The Balaban J connectivity index is 2.72. The predicted molar refractivity (Wildman–Crippen MR) is 65.0 cm³/mol. The van der Waals surface area contributed by atoms with Gasteiger partial charge in [0, 0.05) is 17.7 Å². The highest BCUT2D eigenvalue weighted by Gasteiger charge is 2.18. The second-order valence-corrected chi connectivity index (χ2v) is 4.14. The summed E-state index contributed by atoms with van der Waals surface area (Å²) in [6, 6.07) is 3.68. The first-order chi connectivity index (χ1) is 7.69. The van der Waals surface area contributed by atoms with Crippen molar-refractivity contribution in [2.75, 3.05) is 6.54 Å². The number of likely N-dealkylation sites (N-methyl/N-ethyl adjacent to an activating group) is 1. The Morgan fingerprint density at radius 2 is 2.12 bits per heavy atom. The molecule has 0 fully saturated rings. The summed E-state index contributed by atoms with van der Waals surface area (Å²) < 4.78 is 12.8. The summed E-state index contributed by atoms with van der Waals surface area (Å²) >= 11 is 0. The van der Waals surface area contributed by atoms with Crippen LogP contribution in [-0.2, 0) is 0 Å². The quantitative estimate of drug-likeness (QED) is 0.803. The Kier molecular flexibility index (Phi) is 5.39. The van der Waals surface area contributed by atoms with Crippen LogP contribution in [0.5, 0.6) is 0 Å². The third-order valence-corrected chi connectivity index (χ3v) is 2.89. The van der Waals surface area contributed by atoms with Crippen molar-refractivity contribution in [1.29, 1.82) is 0 Å². The standard InChI is InChI=1S/C13H21FN2/c1-4-6-12(15-5-2)10(3)13-8-7-11(14)9-16-13/h7-10,12,15H,4-6H2,1-3H3. The molecule has 0 aliphatic heterocycles. The van der Waals surface area contributed by atoms with E-state index in [1.54, 1.807) is 6.07 Å². The fourth-order valence-electron chi connectivity index (χ4n) is 1.96. The Bertz CT molecular complexity index is 291. The van der Waals surface area contributed by atoms with E-state index in [0.717, 1.165) is 25.1 Å². The Labute approximate surface area is 97.3 Å². The molecule has 1 rings (SSSR count). The Morgan fingerprint density at radius 3 is 2.62 bits per heavy atom. The average molecular weight is 224 g/mol. The van der Waals surface area contributed by atoms with E-state index < -0.39 is 0 Å². The molecular weight excluding hydrogens is 203 g/mol. The fraction of sp³-hybridized carbons (Fsp3) is 0.615. The molecule has 0 saturated carbocycles. The maximum absolute atomic E-state index is 12.8. The minimum absolute atomic E-state index is 0.272. The molecule has 1 aromatic heterocycles. The molecule has 2 nitrogen and oxygen atoms in total. The predicted octanol–water partition coefficient (Wildman–Crippen LogP) is 3.10. The molecule has 1 N–H and O–H groups in total. The largest absolute Gasteiger partial charge is 0.314 e. The lowest BCUT2D eigenvalue weighted by atomic mass is 9.94. The molecule has 1 aromatic rings. The number of halogens is 1. The molecule has 90 valence electrons. The minimum atomic E-state index is -0.272. The van der Waals surface area contributed by atoms with Gasteiger partial charge in [0.1, 0.15) is 5.82 Å². The van der Waals surface area contributed by atoms with Gasteiger partial charge in [-0.1, -0.05) is 27.2 Å². The summed E-state index contributed by atoms with van der Waals surface area (Å²) in [5.74, 6) is 0.0481. The van der Waals surface area contributed by atoms with Gasteiger partial charge < -0.3 is 5.32 Å². The van der Waals surface area contributed by atoms with E-state index in [2.05, 4.69) is 31.1 Å². The van der Waals surface area contributed by atoms with Gasteiger partial charge in [-0.15, -0.1) is 0 Å². The lowest BCUT2D eigenvalue weighted by Crippen LogP contribution is -2.33. The van der Waals surface area contributed by atoms with Crippen LogP contribution in [-0.4, -0.2) is 17.6 Å². The van der Waals surface area contributed by atoms with Crippen LogP contribution in [0, 0.1) is 5.82 Å². The van der Waals surface area contributed by atoms with E-state index in [4.69, 9.17) is 0 Å². The van der Waals surface area contributed by atoms with E-state index in [1.807, 2.05) is 0 Å². The second kappa shape index (κ2) is 6.59. The lowest BCUT2D eigenvalue weighted by molar-refractivity contribution is 0.423. The SMILES string of the molecule is CCCC(NCC)C(C)c1ccc(F)cn1. The number of pyridine rings is 1. The molecule has 2 atom stereocenters. The van der Waals surface area contributed by atoms with Crippen molar-refractivity contribution < 1.29 is 4.39 Å². The van der Waals surface area contributed by atoms with Gasteiger partial charge in [-0.3, -0.25) is 4.98 Å². The van der Waals surface area contributed by atoms with Crippen molar-refractivity contribution in [3.8, 4) is 0 Å². The monoisotopic (exact) mass is 224 g/mol. The first-order valence-electron chi connectivity index (χ1n) is 6.03. The number of nitrogens with one attached hydrogen (secondary N) is 1. The van der Waals surface area contributed by atoms with Gasteiger partial charge in [0.15, 0.2) is 0 Å². The highest BCUT2D eigenvalue weighted by atomic mass is 19.1. The average Bonchev–Trinajstić information content (AvgIpc) is 2.29. The molecule has 0 bridgehead atoms. The fourth-order valence-corrected chi connectivity index (χ4v) is 1.96. The van der Waals surface area contributed by atoms with Gasteiger partial charge in [-0.05, 0) is 25.1 Å². The molecule has 0 aromatic carbocycles. The summed E-state index contributed by atoms with van der Waals surface area (Å²) in [6.07, 6.45) is 3.55. The first-order valence-corrected chi connectivity index (χ1v) is 6.03. The zero-order valence-corrected chi connectivity index (χ0v) is 10.3. The molecule has 3 heteroatoms. The summed E-state index contributed by atoms with van der Waals surface area (Å²) in [4.78, 5) is 4.15. The normalized spacial score (nSPS) is 14.8. The molecule has 16 heavy (non-hydrogen) atoms. The van der Waals surface area contributed by atoms with E-state index in [1.165, 1.54) is 12.3 Å². The van der Waals surface area contributed by atoms with Crippen LogP contribution < -0.4 is 5.32 Å². The minimum Gasteiger partial charge on any atom is -0.314 e. The third kappa shape index (κ3) is 3.56. The molecule has 1 heterocycles. The van der Waals surface area contributed by atoms with Gasteiger partial charge in [0.25, 0.3) is 0 Å². The van der Waals surface area contributed by atoms with Gasteiger partial charge >= 0.3 is 0 Å². The number of nitrogens with zero attached hydrogens (tertiary/aromatic N) is 1. The van der Waals surface area contributed by atoms with Crippen LogP contribution in [0.3, 0.4) is 0 Å². The van der Waals surface area contributed by atoms with Crippen molar-refractivity contribution in [2.45, 2.75) is 45.6 Å². The second-order valence-electron chi connectivity index (χ2n) is 4.14. The zero-order chi connectivity index (χ0) is 12.0. The summed E-state index contributed by atoms with van der Waals surface area (Å²) in [5, 5.41) is 3.46. The van der Waals surface area contributed by atoms with E-state index in [9.17, 15) is 4.39 Å². The highest BCUT2D eigenvalue weighted by Crippen LogP contribution is 2.20. The maximum atomic E-state index is 12.8. The molecule has 0 radical (unpaired) electrons. The number of aromatic nitrogens is 1. The van der Waals surface area contributed by atoms with Crippen molar-refractivity contribution in [1.82, 2.24) is 10.3 Å². The van der Waals surface area contributed by atoms with Crippen LogP contribution in [0.2, 0.25) is 0 Å². The number of hydrogen-bond acceptors (Lipinski definition) is 2. The number of hydrogen-bond donors (Lipinski definition) is 1. The molecule has 0 aliphatic carbocycles. The summed E-state index contributed by atoms with van der Waals surface area (Å²) in [5.41, 5.74) is 0.959. The van der Waals surface area contributed by atoms with Crippen LogP contribution in [0.25, 0.3) is 0 Å². The highest BCUT2D eigenvalue weighted by molar-refractivity contribution is 5.12. The van der Waals surface area contributed by atoms with Crippen LogP contribution in [0.15, 0.2) is 18.3 Å². The number of rotatable bonds is 6. The molecule has 0 amide bonds.